The maximum atomic E-state index is 6.26. The van der Waals surface area contributed by atoms with E-state index in [9.17, 15) is 0 Å². The van der Waals surface area contributed by atoms with Crippen LogP contribution in [0.1, 0.15) is 25.5 Å². The van der Waals surface area contributed by atoms with Gasteiger partial charge in [0.25, 0.3) is 0 Å². The SMILES string of the molecule is CC1C2NC(=S)NC1(C)Oc1cccc(Cl)c12. The summed E-state index contributed by atoms with van der Waals surface area (Å²) in [7, 11) is 0. The van der Waals surface area contributed by atoms with Crippen molar-refractivity contribution in [1.29, 1.82) is 0 Å². The van der Waals surface area contributed by atoms with Crippen molar-refractivity contribution in [2.75, 3.05) is 0 Å². The molecule has 5 heteroatoms. The monoisotopic (exact) mass is 268 g/mol. The Bertz CT molecular complexity index is 507. The number of nitrogens with one attached hydrogen (secondary N) is 2. The number of fused-ring (bicyclic) bond motifs is 4. The van der Waals surface area contributed by atoms with Gasteiger partial charge in [-0.3, -0.25) is 0 Å². The molecule has 0 aromatic heterocycles. The Morgan fingerprint density at radius 3 is 3.00 bits per heavy atom. The van der Waals surface area contributed by atoms with Gasteiger partial charge in [0.2, 0.25) is 0 Å². The molecule has 2 heterocycles. The lowest BCUT2D eigenvalue weighted by atomic mass is 9.82. The highest BCUT2D eigenvalue weighted by atomic mass is 35.5. The van der Waals surface area contributed by atoms with Crippen LogP contribution in [0.25, 0.3) is 0 Å². The molecule has 1 aromatic rings. The molecule has 1 aromatic carbocycles. The van der Waals surface area contributed by atoms with E-state index in [1.165, 1.54) is 0 Å². The van der Waals surface area contributed by atoms with E-state index < -0.39 is 5.72 Å². The predicted molar refractivity (Wildman–Crippen MR) is 71.3 cm³/mol. The third kappa shape index (κ3) is 1.51. The van der Waals surface area contributed by atoms with E-state index in [0.29, 0.717) is 5.11 Å². The maximum absolute atomic E-state index is 6.26. The Morgan fingerprint density at radius 2 is 2.24 bits per heavy atom. The molecule has 0 spiro atoms. The molecular formula is C12H13ClN2OS. The van der Waals surface area contributed by atoms with Crippen LogP contribution in [0.15, 0.2) is 18.2 Å². The standard InChI is InChI=1S/C12H13ClN2OS/c1-6-10-9-7(13)4-3-5-8(9)16-12(6,2)15-11(17)14-10/h3-6,10H,1-2H3,(H2,14,15,17). The van der Waals surface area contributed by atoms with Gasteiger partial charge in [-0.05, 0) is 31.3 Å². The van der Waals surface area contributed by atoms with Gasteiger partial charge in [-0.2, -0.15) is 0 Å². The first-order valence-electron chi connectivity index (χ1n) is 5.57. The summed E-state index contributed by atoms with van der Waals surface area (Å²) in [4.78, 5) is 0. The van der Waals surface area contributed by atoms with E-state index in [4.69, 9.17) is 28.6 Å². The number of ether oxygens (including phenoxy) is 1. The molecule has 0 saturated carbocycles. The smallest absolute Gasteiger partial charge is 0.184 e. The van der Waals surface area contributed by atoms with Crippen molar-refractivity contribution in [3.8, 4) is 5.75 Å². The second kappa shape index (κ2) is 3.50. The van der Waals surface area contributed by atoms with Crippen LogP contribution in [0, 0.1) is 5.92 Å². The molecule has 1 saturated heterocycles. The largest absolute Gasteiger partial charge is 0.468 e. The average molecular weight is 269 g/mol. The number of benzene rings is 1. The van der Waals surface area contributed by atoms with Crippen LogP contribution in [0.3, 0.4) is 0 Å². The summed E-state index contributed by atoms with van der Waals surface area (Å²) in [6.07, 6.45) is 0. The van der Waals surface area contributed by atoms with Crippen LogP contribution in [0.4, 0.5) is 0 Å². The third-order valence-corrected chi connectivity index (χ3v) is 4.21. The Balaban J connectivity index is 2.19. The van der Waals surface area contributed by atoms with Crippen molar-refractivity contribution in [1.82, 2.24) is 10.6 Å². The normalized spacial score (nSPS) is 34.2. The maximum Gasteiger partial charge on any atom is 0.184 e. The number of rotatable bonds is 0. The van der Waals surface area contributed by atoms with Gasteiger partial charge in [0.15, 0.2) is 10.8 Å². The molecule has 0 aliphatic carbocycles. The summed E-state index contributed by atoms with van der Waals surface area (Å²) in [5, 5.41) is 7.80. The van der Waals surface area contributed by atoms with E-state index in [-0.39, 0.29) is 12.0 Å². The van der Waals surface area contributed by atoms with Gasteiger partial charge in [-0.25, -0.2) is 0 Å². The highest BCUT2D eigenvalue weighted by Gasteiger charge is 2.49. The van der Waals surface area contributed by atoms with E-state index in [1.54, 1.807) is 0 Å². The van der Waals surface area contributed by atoms with Crippen LogP contribution < -0.4 is 15.4 Å². The molecule has 3 unspecified atom stereocenters. The van der Waals surface area contributed by atoms with Crippen molar-refractivity contribution >= 4 is 28.9 Å². The van der Waals surface area contributed by atoms with Gasteiger partial charge < -0.3 is 15.4 Å². The molecule has 3 atom stereocenters. The molecule has 3 nitrogen and oxygen atoms in total. The van der Waals surface area contributed by atoms with Crippen molar-refractivity contribution in [2.24, 2.45) is 5.92 Å². The Labute approximate surface area is 110 Å². The third-order valence-electron chi connectivity index (χ3n) is 3.66. The summed E-state index contributed by atoms with van der Waals surface area (Å²) in [6.45, 7) is 4.14. The van der Waals surface area contributed by atoms with Gasteiger partial charge in [-0.1, -0.05) is 24.6 Å². The lowest BCUT2D eigenvalue weighted by molar-refractivity contribution is -0.0262. The number of hydrogen-bond acceptors (Lipinski definition) is 2. The van der Waals surface area contributed by atoms with Crippen LogP contribution in [0.2, 0.25) is 5.02 Å². The average Bonchev–Trinajstić information content (AvgIpc) is 2.22. The predicted octanol–water partition coefficient (Wildman–Crippen LogP) is 2.60. The molecule has 0 amide bonds. The van der Waals surface area contributed by atoms with Crippen molar-refractivity contribution in [3.05, 3.63) is 28.8 Å². The zero-order valence-electron chi connectivity index (χ0n) is 9.58. The topological polar surface area (TPSA) is 33.3 Å². The summed E-state index contributed by atoms with van der Waals surface area (Å²) < 4.78 is 6.03. The highest BCUT2D eigenvalue weighted by Crippen LogP contribution is 2.46. The second-order valence-electron chi connectivity index (χ2n) is 4.73. The summed E-state index contributed by atoms with van der Waals surface area (Å²) in [5.74, 6) is 1.06. The first-order valence-corrected chi connectivity index (χ1v) is 6.36. The number of halogens is 1. The van der Waals surface area contributed by atoms with Crippen molar-refractivity contribution < 1.29 is 4.74 Å². The van der Waals surface area contributed by atoms with E-state index in [1.807, 2.05) is 25.1 Å². The number of thiocarbonyl (C=S) groups is 1. The molecule has 3 rings (SSSR count). The van der Waals surface area contributed by atoms with E-state index >= 15 is 0 Å². The molecule has 90 valence electrons. The highest BCUT2D eigenvalue weighted by molar-refractivity contribution is 7.80. The van der Waals surface area contributed by atoms with Crippen LogP contribution in [-0.2, 0) is 0 Å². The summed E-state index contributed by atoms with van der Waals surface area (Å²) in [6, 6.07) is 5.82. The van der Waals surface area contributed by atoms with Gasteiger partial charge in [-0.15, -0.1) is 0 Å². The zero-order valence-corrected chi connectivity index (χ0v) is 11.2. The zero-order chi connectivity index (χ0) is 12.2. The lowest BCUT2D eigenvalue weighted by Crippen LogP contribution is -2.67. The Kier molecular flexibility index (Phi) is 2.28. The van der Waals surface area contributed by atoms with Gasteiger partial charge in [0, 0.05) is 16.5 Å². The van der Waals surface area contributed by atoms with Crippen LogP contribution in [0.5, 0.6) is 5.75 Å². The molecule has 0 radical (unpaired) electrons. The minimum Gasteiger partial charge on any atom is -0.468 e. The van der Waals surface area contributed by atoms with Gasteiger partial charge in [0.05, 0.1) is 6.04 Å². The molecule has 17 heavy (non-hydrogen) atoms. The Hall–Kier alpha value is -1.00. The summed E-state index contributed by atoms with van der Waals surface area (Å²) in [5.41, 5.74) is 0.535. The fraction of sp³-hybridized carbons (Fsp3) is 0.417. The van der Waals surface area contributed by atoms with Crippen molar-refractivity contribution in [2.45, 2.75) is 25.6 Å². The van der Waals surface area contributed by atoms with Crippen molar-refractivity contribution in [3.63, 3.8) is 0 Å². The molecule has 2 aliphatic heterocycles. The fourth-order valence-corrected chi connectivity index (χ4v) is 3.15. The molecule has 2 N–H and O–H groups in total. The van der Waals surface area contributed by atoms with Gasteiger partial charge in [0.1, 0.15) is 5.75 Å². The summed E-state index contributed by atoms with van der Waals surface area (Å²) >= 11 is 11.5. The number of hydrogen-bond donors (Lipinski definition) is 2. The lowest BCUT2D eigenvalue weighted by Gasteiger charge is -2.50. The first kappa shape index (κ1) is 11.1. The second-order valence-corrected chi connectivity index (χ2v) is 5.54. The van der Waals surface area contributed by atoms with E-state index in [2.05, 4.69) is 17.6 Å². The Morgan fingerprint density at radius 1 is 1.47 bits per heavy atom. The van der Waals surface area contributed by atoms with Crippen LogP contribution >= 0.6 is 23.8 Å². The quantitative estimate of drug-likeness (QED) is 0.709. The molecule has 2 bridgehead atoms. The minimum absolute atomic E-state index is 0.103. The molecular weight excluding hydrogens is 256 g/mol. The fourth-order valence-electron chi connectivity index (χ4n) is 2.54. The molecule has 1 fully saturated rings. The first-order chi connectivity index (χ1) is 8.01. The van der Waals surface area contributed by atoms with Crippen LogP contribution in [-0.4, -0.2) is 10.8 Å². The van der Waals surface area contributed by atoms with E-state index in [0.717, 1.165) is 16.3 Å². The van der Waals surface area contributed by atoms with Gasteiger partial charge >= 0.3 is 0 Å². The molecule has 2 aliphatic rings. The minimum atomic E-state index is -0.468.